The number of hydrogen-bond donors (Lipinski definition) is 3. The monoisotopic (exact) mass is 459 g/mol. The van der Waals surface area contributed by atoms with E-state index in [0.29, 0.717) is 5.56 Å². The van der Waals surface area contributed by atoms with Crippen molar-refractivity contribution in [1.29, 1.82) is 0 Å². The minimum atomic E-state index is -1.45. The maximum absolute atomic E-state index is 13.1. The normalized spacial score (nSPS) is 10.9. The number of aromatic nitrogens is 1. The van der Waals surface area contributed by atoms with Crippen LogP contribution in [0.3, 0.4) is 0 Å². The van der Waals surface area contributed by atoms with E-state index in [1.807, 2.05) is 0 Å². The zero-order chi connectivity index (χ0) is 24.7. The molecule has 0 aliphatic carbocycles. The first-order valence-corrected chi connectivity index (χ1v) is 9.92. The molecule has 0 spiro atoms. The van der Waals surface area contributed by atoms with Crippen molar-refractivity contribution in [3.63, 3.8) is 0 Å². The van der Waals surface area contributed by atoms with Crippen molar-refractivity contribution in [3.05, 3.63) is 98.7 Å². The number of ketones is 1. The summed E-state index contributed by atoms with van der Waals surface area (Å²) in [6.45, 7) is 1.45. The summed E-state index contributed by atoms with van der Waals surface area (Å²) in [6.07, 6.45) is 0. The number of carboxylic acid groups (broad SMARTS) is 2. The molecule has 0 amide bonds. The molecule has 0 saturated heterocycles. The van der Waals surface area contributed by atoms with Crippen molar-refractivity contribution in [2.45, 2.75) is 6.92 Å². The molecular weight excluding hydrogens is 442 g/mol. The molecular formula is C24H17N3O7. The zero-order valence-corrected chi connectivity index (χ0v) is 17.7. The highest BCUT2D eigenvalue weighted by Gasteiger charge is 2.30. The number of nitrogen functional groups attached to an aromatic ring is 1. The van der Waals surface area contributed by atoms with Crippen LogP contribution in [0, 0.1) is 17.0 Å². The molecule has 0 bridgehead atoms. The smallest absolute Gasteiger partial charge is 0.338 e. The summed E-state index contributed by atoms with van der Waals surface area (Å²) in [5.74, 6) is -3.41. The number of carbonyl (C=O) groups is 3. The standard InChI is InChI=1S/C24H17N3O7/c1-12-18(23(29)30)19(13-7-9-15(10-8-13)27(33)34)20(24(31)32)17-11-16(22(25)26(12)17)21(28)14-5-3-2-4-6-14/h2-11H,25H2,1H3,(H,29,30)(H,31,32). The minimum absolute atomic E-state index is 0.0222. The number of nitro benzene ring substituents is 1. The number of aryl methyl sites for hydroxylation is 1. The van der Waals surface area contributed by atoms with Crippen LogP contribution in [0.25, 0.3) is 16.6 Å². The molecule has 0 saturated carbocycles. The van der Waals surface area contributed by atoms with Crippen molar-refractivity contribution >= 4 is 34.7 Å². The van der Waals surface area contributed by atoms with Crippen LogP contribution in [-0.2, 0) is 0 Å². The predicted molar refractivity (Wildman–Crippen MR) is 122 cm³/mol. The van der Waals surface area contributed by atoms with Crippen LogP contribution >= 0.6 is 0 Å². The molecule has 0 aliphatic heterocycles. The van der Waals surface area contributed by atoms with E-state index in [1.165, 1.54) is 29.5 Å². The lowest BCUT2D eigenvalue weighted by molar-refractivity contribution is -0.384. The number of carbonyl (C=O) groups excluding carboxylic acids is 1. The van der Waals surface area contributed by atoms with Gasteiger partial charge in [0.15, 0.2) is 5.78 Å². The molecule has 4 aromatic rings. The van der Waals surface area contributed by atoms with E-state index in [1.54, 1.807) is 30.3 Å². The van der Waals surface area contributed by atoms with E-state index in [9.17, 15) is 34.7 Å². The second kappa shape index (κ2) is 8.17. The van der Waals surface area contributed by atoms with Crippen LogP contribution in [0.2, 0.25) is 0 Å². The number of benzene rings is 2. The average Bonchev–Trinajstić information content (AvgIpc) is 3.15. The number of pyridine rings is 1. The second-order valence-electron chi connectivity index (χ2n) is 7.48. The highest BCUT2D eigenvalue weighted by Crippen LogP contribution is 2.37. The van der Waals surface area contributed by atoms with E-state index in [4.69, 9.17) is 5.73 Å². The van der Waals surface area contributed by atoms with Gasteiger partial charge in [-0.25, -0.2) is 9.59 Å². The number of non-ortho nitro benzene ring substituents is 1. The van der Waals surface area contributed by atoms with Crippen molar-refractivity contribution < 1.29 is 29.5 Å². The van der Waals surface area contributed by atoms with Gasteiger partial charge in [-0.2, -0.15) is 0 Å². The lowest BCUT2D eigenvalue weighted by Gasteiger charge is -2.17. The van der Waals surface area contributed by atoms with Gasteiger partial charge in [0.2, 0.25) is 0 Å². The van der Waals surface area contributed by atoms with Crippen LogP contribution in [0.4, 0.5) is 11.5 Å². The first-order valence-electron chi connectivity index (χ1n) is 9.92. The molecule has 4 N–H and O–H groups in total. The number of carboxylic acids is 2. The molecule has 0 atom stereocenters. The van der Waals surface area contributed by atoms with Crippen LogP contribution in [0.5, 0.6) is 0 Å². The van der Waals surface area contributed by atoms with Crippen molar-refractivity contribution in [1.82, 2.24) is 4.40 Å². The Labute approximate surface area is 191 Å². The maximum atomic E-state index is 13.1. The van der Waals surface area contributed by atoms with Gasteiger partial charge in [0.25, 0.3) is 5.69 Å². The Bertz CT molecular complexity index is 1500. The summed E-state index contributed by atoms with van der Waals surface area (Å²) in [5, 5.41) is 31.1. The molecule has 0 radical (unpaired) electrons. The molecule has 10 nitrogen and oxygen atoms in total. The third-order valence-electron chi connectivity index (χ3n) is 5.57. The number of rotatable bonds is 6. The second-order valence-corrected chi connectivity index (χ2v) is 7.48. The predicted octanol–water partition coefficient (Wildman–Crippen LogP) is 4.03. The number of anilines is 1. The lowest BCUT2D eigenvalue weighted by atomic mass is 9.92. The van der Waals surface area contributed by atoms with Gasteiger partial charge in [-0.1, -0.05) is 30.3 Å². The van der Waals surface area contributed by atoms with Crippen LogP contribution in [0.15, 0.2) is 60.7 Å². The largest absolute Gasteiger partial charge is 0.478 e. The Morgan fingerprint density at radius 1 is 0.941 bits per heavy atom. The summed E-state index contributed by atoms with van der Waals surface area (Å²) in [7, 11) is 0. The molecule has 10 heteroatoms. The third-order valence-corrected chi connectivity index (χ3v) is 5.57. The van der Waals surface area contributed by atoms with E-state index in [0.717, 1.165) is 12.1 Å². The molecule has 2 aromatic heterocycles. The van der Waals surface area contributed by atoms with E-state index in [-0.39, 0.29) is 45.0 Å². The Hall–Kier alpha value is -4.99. The summed E-state index contributed by atoms with van der Waals surface area (Å²) in [5.41, 5.74) is 5.75. The topological polar surface area (TPSA) is 165 Å². The number of aromatic carboxylic acids is 2. The van der Waals surface area contributed by atoms with Gasteiger partial charge < -0.3 is 15.9 Å². The fourth-order valence-corrected chi connectivity index (χ4v) is 4.06. The first kappa shape index (κ1) is 22.2. The third kappa shape index (κ3) is 3.43. The van der Waals surface area contributed by atoms with Gasteiger partial charge >= 0.3 is 11.9 Å². The number of fused-ring (bicyclic) bond motifs is 1. The SMILES string of the molecule is Cc1c(C(=O)O)c(-c2ccc([N+](=O)[O-])cc2)c(C(=O)O)c2cc(C(=O)c3ccccc3)c(N)n12. The zero-order valence-electron chi connectivity index (χ0n) is 17.7. The van der Waals surface area contributed by atoms with Crippen molar-refractivity contribution in [2.24, 2.45) is 0 Å². The summed E-state index contributed by atoms with van der Waals surface area (Å²) in [4.78, 5) is 48.1. The van der Waals surface area contributed by atoms with Gasteiger partial charge in [-0.05, 0) is 30.7 Å². The Kier molecular flexibility index (Phi) is 5.34. The highest BCUT2D eigenvalue weighted by molar-refractivity contribution is 6.16. The molecule has 0 aliphatic rings. The average molecular weight is 459 g/mol. The van der Waals surface area contributed by atoms with Crippen molar-refractivity contribution in [2.75, 3.05) is 5.73 Å². The molecule has 170 valence electrons. The van der Waals surface area contributed by atoms with Gasteiger partial charge in [0.05, 0.1) is 27.1 Å². The minimum Gasteiger partial charge on any atom is -0.478 e. The van der Waals surface area contributed by atoms with Crippen molar-refractivity contribution in [3.8, 4) is 11.1 Å². The van der Waals surface area contributed by atoms with Gasteiger partial charge in [-0.15, -0.1) is 0 Å². The molecule has 2 aromatic carbocycles. The summed E-state index contributed by atoms with van der Waals surface area (Å²) < 4.78 is 1.23. The van der Waals surface area contributed by atoms with Gasteiger partial charge in [0, 0.05) is 29.0 Å². The lowest BCUT2D eigenvalue weighted by Crippen LogP contribution is -2.15. The summed E-state index contributed by atoms with van der Waals surface area (Å²) >= 11 is 0. The molecule has 34 heavy (non-hydrogen) atoms. The van der Waals surface area contributed by atoms with E-state index in [2.05, 4.69) is 0 Å². The van der Waals surface area contributed by atoms with Gasteiger partial charge in [-0.3, -0.25) is 19.3 Å². The fraction of sp³-hybridized carbons (Fsp3) is 0.0417. The highest BCUT2D eigenvalue weighted by atomic mass is 16.6. The van der Waals surface area contributed by atoms with Gasteiger partial charge in [0.1, 0.15) is 5.82 Å². The Balaban J connectivity index is 2.10. The van der Waals surface area contributed by atoms with Crippen LogP contribution in [0.1, 0.15) is 42.3 Å². The molecule has 0 unspecified atom stereocenters. The Morgan fingerprint density at radius 3 is 2.06 bits per heavy atom. The number of nitro groups is 1. The Morgan fingerprint density at radius 2 is 1.53 bits per heavy atom. The summed E-state index contributed by atoms with van der Waals surface area (Å²) in [6, 6.07) is 14.4. The van der Waals surface area contributed by atoms with Crippen LogP contribution in [-0.4, -0.2) is 37.3 Å². The molecule has 4 rings (SSSR count). The maximum Gasteiger partial charge on any atom is 0.338 e. The van der Waals surface area contributed by atoms with Crippen LogP contribution < -0.4 is 5.73 Å². The first-order chi connectivity index (χ1) is 16.1. The molecule has 2 heterocycles. The van der Waals surface area contributed by atoms with E-state index >= 15 is 0 Å². The number of nitrogens with two attached hydrogens (primary N) is 1. The quantitative estimate of drug-likeness (QED) is 0.221. The van der Waals surface area contributed by atoms with E-state index < -0.39 is 28.2 Å². The number of hydrogen-bond acceptors (Lipinski definition) is 6. The molecule has 0 fully saturated rings. The number of nitrogens with zero attached hydrogens (tertiary/aromatic N) is 2. The fourth-order valence-electron chi connectivity index (χ4n) is 4.06.